The van der Waals surface area contributed by atoms with Gasteiger partial charge in [-0.15, -0.1) is 11.8 Å². The molecule has 21 heavy (non-hydrogen) atoms. The topological polar surface area (TPSA) is 37.3 Å². The Balaban J connectivity index is 2.15. The zero-order valence-corrected chi connectivity index (χ0v) is 13.5. The van der Waals surface area contributed by atoms with Gasteiger partial charge < -0.3 is 5.11 Å². The van der Waals surface area contributed by atoms with Crippen molar-refractivity contribution in [2.75, 3.05) is 0 Å². The van der Waals surface area contributed by atoms with Gasteiger partial charge in [-0.25, -0.2) is 0 Å². The van der Waals surface area contributed by atoms with E-state index in [4.69, 9.17) is 11.6 Å². The summed E-state index contributed by atoms with van der Waals surface area (Å²) in [6.07, 6.45) is 0.505. The molecule has 1 atom stereocenters. The molecule has 0 heterocycles. The number of hydrogen-bond donors (Lipinski definition) is 1. The van der Waals surface area contributed by atoms with Gasteiger partial charge in [0.05, 0.1) is 0 Å². The number of benzene rings is 2. The molecule has 0 unspecified atom stereocenters. The average molecular weight is 321 g/mol. The fourth-order valence-corrected chi connectivity index (χ4v) is 3.38. The second-order valence-electron chi connectivity index (χ2n) is 5.10. The summed E-state index contributed by atoms with van der Waals surface area (Å²) in [4.78, 5) is 12.4. The summed E-state index contributed by atoms with van der Waals surface area (Å²) in [6, 6.07) is 13.4. The van der Waals surface area contributed by atoms with Gasteiger partial charge in [-0.2, -0.15) is 0 Å². The summed E-state index contributed by atoms with van der Waals surface area (Å²) in [5.41, 5.74) is 3.37. The van der Waals surface area contributed by atoms with Crippen molar-refractivity contribution >= 4 is 29.3 Å². The molecule has 2 nitrogen and oxygen atoms in total. The average Bonchev–Trinajstić information content (AvgIpc) is 2.39. The Labute approximate surface area is 134 Å². The maximum atomic E-state index is 11.5. The van der Waals surface area contributed by atoms with Crippen LogP contribution in [0.2, 0.25) is 5.02 Å². The highest BCUT2D eigenvalue weighted by molar-refractivity contribution is 8.00. The van der Waals surface area contributed by atoms with Gasteiger partial charge >= 0.3 is 5.97 Å². The predicted molar refractivity (Wildman–Crippen MR) is 88.4 cm³/mol. The van der Waals surface area contributed by atoms with E-state index in [-0.39, 0.29) is 0 Å². The molecule has 2 aromatic carbocycles. The molecule has 0 amide bonds. The minimum atomic E-state index is -0.797. The summed E-state index contributed by atoms with van der Waals surface area (Å²) in [5.74, 6) is -0.797. The molecule has 0 radical (unpaired) electrons. The van der Waals surface area contributed by atoms with Gasteiger partial charge in [0.25, 0.3) is 0 Å². The Morgan fingerprint density at radius 2 is 1.71 bits per heavy atom. The Hall–Kier alpha value is -1.45. The second-order valence-corrected chi connectivity index (χ2v) is 6.81. The zero-order chi connectivity index (χ0) is 15.4. The number of halogens is 1. The van der Waals surface area contributed by atoms with Crippen LogP contribution in [0.25, 0.3) is 0 Å². The first-order valence-corrected chi connectivity index (χ1v) is 7.92. The molecule has 2 aromatic rings. The molecule has 0 aromatic heterocycles. The van der Waals surface area contributed by atoms with Crippen molar-refractivity contribution < 1.29 is 9.90 Å². The lowest BCUT2D eigenvalue weighted by Gasteiger charge is -2.13. The third kappa shape index (κ3) is 4.80. The number of carboxylic acids is 1. The SMILES string of the molecule is Cc1cc(C)cc(C[C@H](Sc2ccc(Cl)cc2)C(=O)O)c1. The van der Waals surface area contributed by atoms with Crippen LogP contribution in [-0.2, 0) is 11.2 Å². The van der Waals surface area contributed by atoms with E-state index in [0.29, 0.717) is 11.4 Å². The summed E-state index contributed by atoms with van der Waals surface area (Å²) < 4.78 is 0. The number of aliphatic carboxylic acids is 1. The standard InChI is InChI=1S/C17H17ClO2S/c1-11-7-12(2)9-13(8-11)10-16(17(19)20)21-15-5-3-14(18)4-6-15/h3-9,16H,10H2,1-2H3,(H,19,20)/t16-/m0/s1. The maximum Gasteiger partial charge on any atom is 0.317 e. The third-order valence-corrected chi connectivity index (χ3v) is 4.52. The van der Waals surface area contributed by atoms with E-state index in [0.717, 1.165) is 21.6 Å². The van der Waals surface area contributed by atoms with Crippen LogP contribution in [0, 0.1) is 13.8 Å². The minimum absolute atomic E-state index is 0.505. The van der Waals surface area contributed by atoms with E-state index in [2.05, 4.69) is 6.07 Å². The van der Waals surface area contributed by atoms with E-state index in [1.54, 1.807) is 12.1 Å². The molecule has 110 valence electrons. The van der Waals surface area contributed by atoms with E-state index in [1.165, 1.54) is 11.8 Å². The second kappa shape index (κ2) is 7.01. The van der Waals surface area contributed by atoms with Crippen LogP contribution < -0.4 is 0 Å². The van der Waals surface area contributed by atoms with Gasteiger partial charge in [0, 0.05) is 9.92 Å². The van der Waals surface area contributed by atoms with Crippen molar-refractivity contribution in [2.45, 2.75) is 30.4 Å². The van der Waals surface area contributed by atoms with Crippen molar-refractivity contribution in [2.24, 2.45) is 0 Å². The fraction of sp³-hybridized carbons (Fsp3) is 0.235. The van der Waals surface area contributed by atoms with Gasteiger partial charge in [0.15, 0.2) is 0 Å². The Bertz CT molecular complexity index is 617. The molecule has 2 rings (SSSR count). The molecule has 0 fully saturated rings. The monoisotopic (exact) mass is 320 g/mol. The highest BCUT2D eigenvalue weighted by atomic mass is 35.5. The first-order valence-electron chi connectivity index (χ1n) is 6.66. The summed E-state index contributed by atoms with van der Waals surface area (Å²) in [5, 5.41) is 9.59. The van der Waals surface area contributed by atoms with Gasteiger partial charge in [0.2, 0.25) is 0 Å². The van der Waals surface area contributed by atoms with Crippen LogP contribution in [-0.4, -0.2) is 16.3 Å². The van der Waals surface area contributed by atoms with Crippen molar-refractivity contribution in [1.29, 1.82) is 0 Å². The molecular weight excluding hydrogens is 304 g/mol. The Morgan fingerprint density at radius 3 is 2.24 bits per heavy atom. The van der Waals surface area contributed by atoms with Crippen LogP contribution in [0.5, 0.6) is 0 Å². The molecule has 0 aliphatic heterocycles. The molecule has 1 N–H and O–H groups in total. The van der Waals surface area contributed by atoms with Crippen molar-refractivity contribution in [1.82, 2.24) is 0 Å². The molecule has 4 heteroatoms. The number of thioether (sulfide) groups is 1. The zero-order valence-electron chi connectivity index (χ0n) is 12.0. The van der Waals surface area contributed by atoms with Crippen molar-refractivity contribution in [3.63, 3.8) is 0 Å². The third-order valence-electron chi connectivity index (χ3n) is 3.07. The maximum absolute atomic E-state index is 11.5. The lowest BCUT2D eigenvalue weighted by molar-refractivity contribution is -0.136. The van der Waals surface area contributed by atoms with E-state index in [9.17, 15) is 9.90 Å². The summed E-state index contributed by atoms with van der Waals surface area (Å²) in [6.45, 7) is 4.05. The summed E-state index contributed by atoms with van der Waals surface area (Å²) >= 11 is 7.20. The molecule has 0 saturated heterocycles. The van der Waals surface area contributed by atoms with Crippen LogP contribution >= 0.6 is 23.4 Å². The predicted octanol–water partition coefficient (Wildman–Crippen LogP) is 4.74. The number of carbonyl (C=O) groups is 1. The lowest BCUT2D eigenvalue weighted by Crippen LogP contribution is -2.19. The molecule has 0 saturated carbocycles. The quantitative estimate of drug-likeness (QED) is 0.808. The first kappa shape index (κ1) is 15.9. The molecule has 0 aliphatic rings. The number of hydrogen-bond acceptors (Lipinski definition) is 2. The van der Waals surface area contributed by atoms with Crippen LogP contribution in [0.4, 0.5) is 0 Å². The summed E-state index contributed by atoms with van der Waals surface area (Å²) in [7, 11) is 0. The number of rotatable bonds is 5. The van der Waals surface area contributed by atoms with E-state index in [1.807, 2.05) is 38.1 Å². The van der Waals surface area contributed by atoms with Gasteiger partial charge in [-0.05, 0) is 50.1 Å². The Morgan fingerprint density at radius 1 is 1.14 bits per heavy atom. The fourth-order valence-electron chi connectivity index (χ4n) is 2.26. The largest absolute Gasteiger partial charge is 0.480 e. The molecule has 0 aliphatic carbocycles. The molecular formula is C17H17ClO2S. The van der Waals surface area contributed by atoms with Crippen LogP contribution in [0.3, 0.4) is 0 Å². The van der Waals surface area contributed by atoms with E-state index >= 15 is 0 Å². The smallest absolute Gasteiger partial charge is 0.317 e. The van der Waals surface area contributed by atoms with Crippen LogP contribution in [0.1, 0.15) is 16.7 Å². The molecule has 0 bridgehead atoms. The highest BCUT2D eigenvalue weighted by Gasteiger charge is 2.19. The van der Waals surface area contributed by atoms with Gasteiger partial charge in [-0.3, -0.25) is 4.79 Å². The van der Waals surface area contributed by atoms with Crippen molar-refractivity contribution in [3.8, 4) is 0 Å². The van der Waals surface area contributed by atoms with Crippen LogP contribution in [0.15, 0.2) is 47.4 Å². The Kier molecular flexibility index (Phi) is 5.32. The van der Waals surface area contributed by atoms with Crippen molar-refractivity contribution in [3.05, 3.63) is 64.2 Å². The molecule has 0 spiro atoms. The van der Waals surface area contributed by atoms with Gasteiger partial charge in [-0.1, -0.05) is 40.9 Å². The number of aryl methyl sites for hydroxylation is 2. The normalized spacial score (nSPS) is 12.1. The lowest BCUT2D eigenvalue weighted by atomic mass is 10.0. The first-order chi connectivity index (χ1) is 9.94. The van der Waals surface area contributed by atoms with E-state index < -0.39 is 11.2 Å². The minimum Gasteiger partial charge on any atom is -0.480 e. The van der Waals surface area contributed by atoms with Gasteiger partial charge in [0.1, 0.15) is 5.25 Å². The number of carboxylic acid groups (broad SMARTS) is 1. The highest BCUT2D eigenvalue weighted by Crippen LogP contribution is 2.27.